The van der Waals surface area contributed by atoms with Crippen LogP contribution in [0, 0.1) is 5.41 Å². The van der Waals surface area contributed by atoms with E-state index in [0.717, 1.165) is 6.04 Å². The van der Waals surface area contributed by atoms with Gasteiger partial charge in [0.2, 0.25) is 0 Å². The number of likely N-dealkylation sites (tertiary alicyclic amines) is 1. The molecule has 2 nitrogen and oxygen atoms in total. The summed E-state index contributed by atoms with van der Waals surface area (Å²) in [7, 11) is 0. The lowest BCUT2D eigenvalue weighted by atomic mass is 9.90. The molecule has 0 aromatic rings. The Hall–Kier alpha value is -0.0800. The van der Waals surface area contributed by atoms with Crippen LogP contribution >= 0.6 is 0 Å². The molecule has 2 heteroatoms. The van der Waals surface area contributed by atoms with Gasteiger partial charge in [-0.05, 0) is 37.6 Å². The molecule has 2 rings (SSSR count). The maximum Gasteiger partial charge on any atom is 0.0110 e. The quantitative estimate of drug-likeness (QED) is 0.695. The van der Waals surface area contributed by atoms with Gasteiger partial charge in [-0.25, -0.2) is 0 Å². The fourth-order valence-electron chi connectivity index (χ4n) is 3.00. The molecule has 0 aromatic heterocycles. The monoisotopic (exact) mass is 196 g/mol. The standard InChI is InChI=1S/C12H24N2/c1-12(2)6-7-14(9-12)11-5-3-4-10(13)8-11/h10-11H,3-9,13H2,1-2H3. The van der Waals surface area contributed by atoms with E-state index in [1.807, 2.05) is 0 Å². The minimum atomic E-state index is 0.470. The fraction of sp³-hybridized carbons (Fsp3) is 1.00. The van der Waals surface area contributed by atoms with Crippen LogP contribution in [-0.4, -0.2) is 30.1 Å². The van der Waals surface area contributed by atoms with Crippen LogP contribution in [0.25, 0.3) is 0 Å². The van der Waals surface area contributed by atoms with Gasteiger partial charge in [0.25, 0.3) is 0 Å². The molecule has 2 atom stereocenters. The summed E-state index contributed by atoms with van der Waals surface area (Å²) in [6.07, 6.45) is 6.55. The van der Waals surface area contributed by atoms with Crippen molar-refractivity contribution in [3.05, 3.63) is 0 Å². The first-order valence-corrected chi connectivity index (χ1v) is 6.06. The van der Waals surface area contributed by atoms with Crippen LogP contribution < -0.4 is 5.73 Å². The van der Waals surface area contributed by atoms with Crippen LogP contribution in [-0.2, 0) is 0 Å². The fourth-order valence-corrected chi connectivity index (χ4v) is 3.00. The lowest BCUT2D eigenvalue weighted by Gasteiger charge is -2.34. The van der Waals surface area contributed by atoms with E-state index in [0.29, 0.717) is 11.5 Å². The van der Waals surface area contributed by atoms with E-state index in [4.69, 9.17) is 5.73 Å². The second-order valence-electron chi connectivity index (χ2n) is 5.97. The third-order valence-corrected chi connectivity index (χ3v) is 3.91. The Bertz CT molecular complexity index is 200. The zero-order chi connectivity index (χ0) is 10.2. The lowest BCUT2D eigenvalue weighted by Crippen LogP contribution is -2.41. The van der Waals surface area contributed by atoms with Gasteiger partial charge in [0.15, 0.2) is 0 Å². The predicted octanol–water partition coefficient (Wildman–Crippen LogP) is 1.99. The molecule has 82 valence electrons. The number of nitrogens with zero attached hydrogens (tertiary/aromatic N) is 1. The summed E-state index contributed by atoms with van der Waals surface area (Å²) in [5.74, 6) is 0. The molecule has 0 amide bonds. The van der Waals surface area contributed by atoms with Gasteiger partial charge in [0, 0.05) is 18.6 Å². The molecule has 0 radical (unpaired) electrons. The normalized spacial score (nSPS) is 38.8. The summed E-state index contributed by atoms with van der Waals surface area (Å²) in [5, 5.41) is 0. The van der Waals surface area contributed by atoms with Gasteiger partial charge in [0.1, 0.15) is 0 Å². The Kier molecular flexibility index (Phi) is 2.85. The Morgan fingerprint density at radius 1 is 1.29 bits per heavy atom. The molecule has 1 aliphatic heterocycles. The first-order valence-electron chi connectivity index (χ1n) is 6.06. The van der Waals surface area contributed by atoms with Crippen LogP contribution in [0.2, 0.25) is 0 Å². The van der Waals surface area contributed by atoms with Gasteiger partial charge in [0.05, 0.1) is 0 Å². The average Bonchev–Trinajstić information content (AvgIpc) is 2.46. The second kappa shape index (κ2) is 3.82. The summed E-state index contributed by atoms with van der Waals surface area (Å²) < 4.78 is 0. The number of hydrogen-bond donors (Lipinski definition) is 1. The first kappa shape index (κ1) is 10.4. The van der Waals surface area contributed by atoms with Crippen molar-refractivity contribution >= 4 is 0 Å². The maximum absolute atomic E-state index is 6.03. The molecule has 2 fully saturated rings. The molecular weight excluding hydrogens is 172 g/mol. The van der Waals surface area contributed by atoms with E-state index in [1.165, 1.54) is 45.2 Å². The Balaban J connectivity index is 1.89. The lowest BCUT2D eigenvalue weighted by molar-refractivity contribution is 0.164. The largest absolute Gasteiger partial charge is 0.328 e. The van der Waals surface area contributed by atoms with E-state index in [-0.39, 0.29) is 0 Å². The van der Waals surface area contributed by atoms with Crippen molar-refractivity contribution in [1.29, 1.82) is 0 Å². The first-order chi connectivity index (χ1) is 6.57. The zero-order valence-electron chi connectivity index (χ0n) is 9.63. The van der Waals surface area contributed by atoms with E-state index in [9.17, 15) is 0 Å². The molecule has 2 unspecified atom stereocenters. The SMILES string of the molecule is CC1(C)CCN(C2CCCC(N)C2)C1. The molecule has 0 bridgehead atoms. The Labute approximate surface area is 87.8 Å². The molecule has 1 aliphatic carbocycles. The highest BCUT2D eigenvalue weighted by atomic mass is 15.2. The van der Waals surface area contributed by atoms with Gasteiger partial charge in [-0.3, -0.25) is 4.90 Å². The molecule has 2 N–H and O–H groups in total. The second-order valence-corrected chi connectivity index (χ2v) is 5.97. The molecule has 0 aromatic carbocycles. The summed E-state index contributed by atoms with van der Waals surface area (Å²) in [6.45, 7) is 7.35. The van der Waals surface area contributed by atoms with Crippen LogP contribution in [0.5, 0.6) is 0 Å². The van der Waals surface area contributed by atoms with Crippen molar-refractivity contribution in [2.75, 3.05) is 13.1 Å². The predicted molar refractivity (Wildman–Crippen MR) is 60.2 cm³/mol. The summed E-state index contributed by atoms with van der Waals surface area (Å²) >= 11 is 0. The summed E-state index contributed by atoms with van der Waals surface area (Å²) in [5.41, 5.74) is 6.58. The van der Waals surface area contributed by atoms with Gasteiger partial charge >= 0.3 is 0 Å². The number of rotatable bonds is 1. The van der Waals surface area contributed by atoms with Gasteiger partial charge in [-0.2, -0.15) is 0 Å². The molecule has 0 spiro atoms. The third-order valence-electron chi connectivity index (χ3n) is 3.91. The van der Waals surface area contributed by atoms with Crippen molar-refractivity contribution in [3.8, 4) is 0 Å². The summed E-state index contributed by atoms with van der Waals surface area (Å²) in [4.78, 5) is 2.68. The molecule has 2 aliphatic rings. The Morgan fingerprint density at radius 2 is 2.07 bits per heavy atom. The third kappa shape index (κ3) is 2.29. The maximum atomic E-state index is 6.03. The van der Waals surface area contributed by atoms with E-state index in [1.54, 1.807) is 0 Å². The van der Waals surface area contributed by atoms with E-state index < -0.39 is 0 Å². The van der Waals surface area contributed by atoms with E-state index in [2.05, 4.69) is 18.7 Å². The molecular formula is C12H24N2. The van der Waals surface area contributed by atoms with Crippen LogP contribution in [0.1, 0.15) is 46.0 Å². The van der Waals surface area contributed by atoms with E-state index >= 15 is 0 Å². The van der Waals surface area contributed by atoms with Crippen molar-refractivity contribution in [1.82, 2.24) is 4.90 Å². The number of nitrogens with two attached hydrogens (primary N) is 1. The van der Waals surface area contributed by atoms with Crippen molar-refractivity contribution < 1.29 is 0 Å². The number of hydrogen-bond acceptors (Lipinski definition) is 2. The van der Waals surface area contributed by atoms with Crippen molar-refractivity contribution in [2.45, 2.75) is 58.0 Å². The van der Waals surface area contributed by atoms with Crippen molar-refractivity contribution in [2.24, 2.45) is 11.1 Å². The zero-order valence-corrected chi connectivity index (χ0v) is 9.63. The molecule has 14 heavy (non-hydrogen) atoms. The van der Waals surface area contributed by atoms with Gasteiger partial charge in [-0.15, -0.1) is 0 Å². The highest BCUT2D eigenvalue weighted by Gasteiger charge is 2.34. The van der Waals surface area contributed by atoms with Crippen LogP contribution in [0.3, 0.4) is 0 Å². The minimum Gasteiger partial charge on any atom is -0.328 e. The highest BCUT2D eigenvalue weighted by Crippen LogP contribution is 2.33. The van der Waals surface area contributed by atoms with Gasteiger partial charge < -0.3 is 5.73 Å². The van der Waals surface area contributed by atoms with Crippen molar-refractivity contribution in [3.63, 3.8) is 0 Å². The van der Waals surface area contributed by atoms with Gasteiger partial charge in [-0.1, -0.05) is 20.3 Å². The molecule has 1 saturated carbocycles. The highest BCUT2D eigenvalue weighted by molar-refractivity contribution is 4.89. The van der Waals surface area contributed by atoms with Crippen LogP contribution in [0.15, 0.2) is 0 Å². The smallest absolute Gasteiger partial charge is 0.0110 e. The molecule has 1 heterocycles. The average molecular weight is 196 g/mol. The topological polar surface area (TPSA) is 29.3 Å². The molecule has 1 saturated heterocycles. The summed E-state index contributed by atoms with van der Waals surface area (Å²) in [6, 6.07) is 1.26. The van der Waals surface area contributed by atoms with Crippen LogP contribution in [0.4, 0.5) is 0 Å². The minimum absolute atomic E-state index is 0.470. The Morgan fingerprint density at radius 3 is 2.64 bits per heavy atom.